The maximum Gasteiger partial charge on any atom is 0.124 e. The molecule has 2 aliphatic rings. The highest BCUT2D eigenvalue weighted by Gasteiger charge is 2.32. The van der Waals surface area contributed by atoms with E-state index in [-0.39, 0.29) is 0 Å². The van der Waals surface area contributed by atoms with Gasteiger partial charge < -0.3 is 9.84 Å². The van der Waals surface area contributed by atoms with Crippen LogP contribution in [0.25, 0.3) is 0 Å². The molecule has 2 aliphatic heterocycles. The van der Waals surface area contributed by atoms with Crippen molar-refractivity contribution in [2.45, 2.75) is 36.4 Å². The lowest BCUT2D eigenvalue weighted by Crippen LogP contribution is -2.37. The summed E-state index contributed by atoms with van der Waals surface area (Å²) in [6, 6.07) is 0. The summed E-state index contributed by atoms with van der Waals surface area (Å²) >= 11 is 3.84. The third-order valence-corrected chi connectivity index (χ3v) is 5.98. The van der Waals surface area contributed by atoms with Crippen LogP contribution in [0.3, 0.4) is 0 Å². The fourth-order valence-electron chi connectivity index (χ4n) is 1.94. The summed E-state index contributed by atoms with van der Waals surface area (Å²) in [6.45, 7) is 2.97. The number of aliphatic hydroxyl groups is 1. The van der Waals surface area contributed by atoms with Gasteiger partial charge in [-0.15, -0.1) is 0 Å². The number of thioether (sulfide) groups is 2. The van der Waals surface area contributed by atoms with Crippen molar-refractivity contribution in [2.75, 3.05) is 18.1 Å². The van der Waals surface area contributed by atoms with Crippen LogP contribution in [0.1, 0.15) is 19.8 Å². The second-order valence-corrected chi connectivity index (χ2v) is 6.72. The molecule has 0 aromatic heterocycles. The molecule has 4 heteroatoms. The van der Waals surface area contributed by atoms with Crippen LogP contribution in [-0.2, 0) is 4.74 Å². The van der Waals surface area contributed by atoms with E-state index in [4.69, 9.17) is 4.74 Å². The molecule has 3 unspecified atom stereocenters. The number of aliphatic hydroxyl groups excluding tert-OH is 1. The van der Waals surface area contributed by atoms with Crippen molar-refractivity contribution in [1.29, 1.82) is 0 Å². The Balaban J connectivity index is 1.98. The van der Waals surface area contributed by atoms with Gasteiger partial charge in [-0.1, -0.05) is 6.92 Å². The number of hydrogen-bond donors (Lipinski definition) is 1. The Morgan fingerprint density at radius 1 is 1.47 bits per heavy atom. The smallest absolute Gasteiger partial charge is 0.124 e. The van der Waals surface area contributed by atoms with Gasteiger partial charge in [0.25, 0.3) is 0 Å². The van der Waals surface area contributed by atoms with Gasteiger partial charge in [0.1, 0.15) is 11.9 Å². The van der Waals surface area contributed by atoms with Crippen molar-refractivity contribution in [3.05, 3.63) is 11.8 Å². The molecule has 2 rings (SSSR count). The summed E-state index contributed by atoms with van der Waals surface area (Å²) in [5, 5.41) is 11.1. The van der Waals surface area contributed by atoms with Crippen LogP contribution < -0.4 is 0 Å². The molecule has 1 fully saturated rings. The van der Waals surface area contributed by atoms with Gasteiger partial charge in [-0.3, -0.25) is 0 Å². The third-order valence-electron chi connectivity index (χ3n) is 2.80. The number of hydrogen-bond acceptors (Lipinski definition) is 4. The van der Waals surface area contributed by atoms with Crippen molar-refractivity contribution < 1.29 is 9.84 Å². The fourth-order valence-corrected chi connectivity index (χ4v) is 4.75. The first-order valence-corrected chi connectivity index (χ1v) is 7.63. The molecule has 3 atom stereocenters. The van der Waals surface area contributed by atoms with E-state index in [1.807, 2.05) is 23.5 Å². The summed E-state index contributed by atoms with van der Waals surface area (Å²) in [5.74, 6) is 3.16. The molecule has 0 aromatic carbocycles. The first-order valence-electron chi connectivity index (χ1n) is 5.53. The van der Waals surface area contributed by atoms with Gasteiger partial charge >= 0.3 is 0 Å². The predicted molar refractivity (Wildman–Crippen MR) is 67.4 cm³/mol. The maximum atomic E-state index is 10.2. The van der Waals surface area contributed by atoms with Crippen molar-refractivity contribution in [3.8, 4) is 0 Å². The molecule has 1 N–H and O–H groups in total. The van der Waals surface area contributed by atoms with Crippen LogP contribution in [0.5, 0.6) is 0 Å². The average molecular weight is 246 g/mol. The molecular formula is C11H18O2S2. The summed E-state index contributed by atoms with van der Waals surface area (Å²) in [5.41, 5.74) is 0. The van der Waals surface area contributed by atoms with E-state index >= 15 is 0 Å². The molecular weight excluding hydrogens is 228 g/mol. The van der Waals surface area contributed by atoms with Gasteiger partial charge in [0, 0.05) is 22.0 Å². The number of ether oxygens (including phenoxy) is 1. The highest BCUT2D eigenvalue weighted by Crippen LogP contribution is 2.35. The Hall–Kier alpha value is 0.200. The third kappa shape index (κ3) is 2.86. The maximum absolute atomic E-state index is 10.2. The van der Waals surface area contributed by atoms with Crippen molar-refractivity contribution in [2.24, 2.45) is 0 Å². The van der Waals surface area contributed by atoms with E-state index in [2.05, 4.69) is 13.0 Å². The average Bonchev–Trinajstić information content (AvgIpc) is 2.30. The first kappa shape index (κ1) is 11.7. The van der Waals surface area contributed by atoms with E-state index in [0.717, 1.165) is 31.0 Å². The lowest BCUT2D eigenvalue weighted by molar-refractivity contribution is 0.0902. The van der Waals surface area contributed by atoms with Gasteiger partial charge in [0.15, 0.2) is 0 Å². The Morgan fingerprint density at radius 2 is 2.27 bits per heavy atom. The van der Waals surface area contributed by atoms with Gasteiger partial charge in [0.05, 0.1) is 6.61 Å². The molecule has 0 radical (unpaired) electrons. The number of allylic oxidation sites excluding steroid dienone is 1. The Morgan fingerprint density at radius 3 is 2.93 bits per heavy atom. The van der Waals surface area contributed by atoms with Crippen LogP contribution >= 0.6 is 23.5 Å². The second-order valence-electron chi connectivity index (χ2n) is 3.95. The molecule has 0 bridgehead atoms. The normalized spacial score (nSPS) is 34.1. The minimum absolute atomic E-state index is 0.299. The lowest BCUT2D eigenvalue weighted by Gasteiger charge is -2.33. The van der Waals surface area contributed by atoms with E-state index in [1.54, 1.807) is 0 Å². The SMILES string of the molecule is CC1SCCSC1C(O)C1=CCCCO1. The topological polar surface area (TPSA) is 29.5 Å². The zero-order valence-corrected chi connectivity index (χ0v) is 10.6. The zero-order valence-electron chi connectivity index (χ0n) is 9.02. The molecule has 2 nitrogen and oxygen atoms in total. The molecule has 86 valence electrons. The van der Waals surface area contributed by atoms with Crippen LogP contribution in [0.15, 0.2) is 11.8 Å². The summed E-state index contributed by atoms with van der Waals surface area (Å²) in [4.78, 5) is 0. The van der Waals surface area contributed by atoms with E-state index in [0.29, 0.717) is 10.5 Å². The van der Waals surface area contributed by atoms with Crippen LogP contribution in [0, 0.1) is 0 Å². The molecule has 0 aromatic rings. The molecule has 2 heterocycles. The predicted octanol–water partition coefficient (Wildman–Crippen LogP) is 2.28. The van der Waals surface area contributed by atoms with E-state index in [9.17, 15) is 5.11 Å². The second kappa shape index (κ2) is 5.51. The zero-order chi connectivity index (χ0) is 10.7. The van der Waals surface area contributed by atoms with Crippen LogP contribution in [-0.4, -0.2) is 39.8 Å². The van der Waals surface area contributed by atoms with Crippen molar-refractivity contribution in [1.82, 2.24) is 0 Å². The van der Waals surface area contributed by atoms with Crippen LogP contribution in [0.4, 0.5) is 0 Å². The van der Waals surface area contributed by atoms with E-state index in [1.165, 1.54) is 5.75 Å². The largest absolute Gasteiger partial charge is 0.495 e. The highest BCUT2D eigenvalue weighted by atomic mass is 32.2. The Bertz CT molecular complexity index is 243. The van der Waals surface area contributed by atoms with Crippen molar-refractivity contribution >= 4 is 23.5 Å². The van der Waals surface area contributed by atoms with Gasteiger partial charge in [0.2, 0.25) is 0 Å². The van der Waals surface area contributed by atoms with Gasteiger partial charge in [-0.25, -0.2) is 0 Å². The number of rotatable bonds is 2. The first-order chi connectivity index (χ1) is 7.29. The Kier molecular flexibility index (Phi) is 4.29. The summed E-state index contributed by atoms with van der Waals surface area (Å²) < 4.78 is 5.53. The molecule has 0 amide bonds. The lowest BCUT2D eigenvalue weighted by atomic mass is 10.1. The highest BCUT2D eigenvalue weighted by molar-refractivity contribution is 8.07. The Labute approximate surface area is 99.8 Å². The minimum Gasteiger partial charge on any atom is -0.495 e. The standard InChI is InChI=1S/C11H18O2S2/c1-8-11(15-7-6-14-8)10(12)9-4-2-3-5-13-9/h4,8,10-12H,2-3,5-7H2,1H3. The fraction of sp³-hybridized carbons (Fsp3) is 0.818. The van der Waals surface area contributed by atoms with Crippen molar-refractivity contribution in [3.63, 3.8) is 0 Å². The minimum atomic E-state index is -0.405. The summed E-state index contributed by atoms with van der Waals surface area (Å²) in [7, 11) is 0. The molecule has 1 saturated heterocycles. The van der Waals surface area contributed by atoms with Crippen LogP contribution in [0.2, 0.25) is 0 Å². The molecule has 0 aliphatic carbocycles. The molecule has 15 heavy (non-hydrogen) atoms. The summed E-state index contributed by atoms with van der Waals surface area (Å²) in [6.07, 6.45) is 3.78. The molecule has 0 spiro atoms. The monoisotopic (exact) mass is 246 g/mol. The van der Waals surface area contributed by atoms with Gasteiger partial charge in [-0.2, -0.15) is 23.5 Å². The quantitative estimate of drug-likeness (QED) is 0.809. The van der Waals surface area contributed by atoms with E-state index < -0.39 is 6.10 Å². The van der Waals surface area contributed by atoms with Gasteiger partial charge in [-0.05, 0) is 18.9 Å². The molecule has 0 saturated carbocycles.